The molecule has 0 atom stereocenters. The van der Waals surface area contributed by atoms with Gasteiger partial charge in [0, 0.05) is 18.6 Å². The molecule has 0 radical (unpaired) electrons. The number of hydrogen-bond acceptors (Lipinski definition) is 3. The van der Waals surface area contributed by atoms with E-state index in [0.717, 1.165) is 38.2 Å². The van der Waals surface area contributed by atoms with E-state index in [2.05, 4.69) is 11.8 Å². The van der Waals surface area contributed by atoms with Crippen molar-refractivity contribution >= 4 is 0 Å². The minimum absolute atomic E-state index is 0.0413. The van der Waals surface area contributed by atoms with Crippen molar-refractivity contribution in [1.29, 1.82) is 0 Å². The first kappa shape index (κ1) is 9.74. The summed E-state index contributed by atoms with van der Waals surface area (Å²) in [5.41, 5.74) is 6.10. The largest absolute Gasteiger partial charge is 0.468 e. The normalized spacial score (nSPS) is 22.4. The molecule has 0 aliphatic carbocycles. The van der Waals surface area contributed by atoms with E-state index in [4.69, 9.17) is 10.2 Å². The molecule has 14 heavy (non-hydrogen) atoms. The quantitative estimate of drug-likeness (QED) is 0.777. The summed E-state index contributed by atoms with van der Waals surface area (Å²) in [5.74, 6) is 1.05. The number of piperidine rings is 1. The van der Waals surface area contributed by atoms with Crippen LogP contribution in [0.15, 0.2) is 22.8 Å². The molecule has 0 aromatic carbocycles. The van der Waals surface area contributed by atoms with Gasteiger partial charge >= 0.3 is 0 Å². The van der Waals surface area contributed by atoms with E-state index in [1.807, 2.05) is 12.1 Å². The van der Waals surface area contributed by atoms with Crippen LogP contribution in [0.25, 0.3) is 0 Å². The first-order valence-electron chi connectivity index (χ1n) is 5.19. The number of hydrogen-bond donors (Lipinski definition) is 1. The van der Waals surface area contributed by atoms with Crippen LogP contribution in [-0.2, 0) is 6.54 Å². The van der Waals surface area contributed by atoms with Gasteiger partial charge in [-0.15, -0.1) is 0 Å². The standard InChI is InChI=1S/C11H18N2O/c1-11(12)4-6-13(7-5-11)9-10-3-2-8-14-10/h2-3,8H,4-7,9,12H2,1H3. The molecule has 78 valence electrons. The topological polar surface area (TPSA) is 42.4 Å². The highest BCUT2D eigenvalue weighted by Gasteiger charge is 2.25. The Hall–Kier alpha value is -0.800. The van der Waals surface area contributed by atoms with Gasteiger partial charge in [0.25, 0.3) is 0 Å². The minimum Gasteiger partial charge on any atom is -0.468 e. The molecule has 0 spiro atoms. The highest BCUT2D eigenvalue weighted by molar-refractivity contribution is 4.98. The zero-order valence-electron chi connectivity index (χ0n) is 8.70. The Morgan fingerprint density at radius 2 is 2.21 bits per heavy atom. The second-order valence-electron chi connectivity index (χ2n) is 4.51. The number of furan rings is 1. The van der Waals surface area contributed by atoms with Gasteiger partial charge in [-0.1, -0.05) is 0 Å². The van der Waals surface area contributed by atoms with E-state index >= 15 is 0 Å². The van der Waals surface area contributed by atoms with Crippen LogP contribution >= 0.6 is 0 Å². The van der Waals surface area contributed by atoms with Crippen molar-refractivity contribution in [3.05, 3.63) is 24.2 Å². The number of nitrogens with zero attached hydrogens (tertiary/aromatic N) is 1. The molecule has 3 nitrogen and oxygen atoms in total. The van der Waals surface area contributed by atoms with Gasteiger partial charge in [-0.25, -0.2) is 0 Å². The highest BCUT2D eigenvalue weighted by atomic mass is 16.3. The van der Waals surface area contributed by atoms with Crippen LogP contribution < -0.4 is 5.73 Å². The molecule has 1 aromatic rings. The Bertz CT molecular complexity index is 269. The molecule has 1 saturated heterocycles. The maximum atomic E-state index is 6.06. The number of nitrogens with two attached hydrogens (primary N) is 1. The number of rotatable bonds is 2. The lowest BCUT2D eigenvalue weighted by Crippen LogP contribution is -2.47. The molecular formula is C11H18N2O. The van der Waals surface area contributed by atoms with Crippen LogP contribution in [0.1, 0.15) is 25.5 Å². The van der Waals surface area contributed by atoms with Gasteiger partial charge in [0.15, 0.2) is 0 Å². The smallest absolute Gasteiger partial charge is 0.117 e. The molecule has 1 aliphatic heterocycles. The van der Waals surface area contributed by atoms with Crippen LogP contribution in [0.2, 0.25) is 0 Å². The molecular weight excluding hydrogens is 176 g/mol. The predicted octanol–water partition coefficient (Wildman–Crippen LogP) is 1.59. The monoisotopic (exact) mass is 194 g/mol. The minimum atomic E-state index is 0.0413. The summed E-state index contributed by atoms with van der Waals surface area (Å²) in [6.45, 7) is 5.21. The lowest BCUT2D eigenvalue weighted by Gasteiger charge is -2.36. The summed E-state index contributed by atoms with van der Waals surface area (Å²) in [7, 11) is 0. The fraction of sp³-hybridized carbons (Fsp3) is 0.636. The van der Waals surface area contributed by atoms with Gasteiger partial charge in [-0.05, 0) is 31.9 Å². The predicted molar refractivity (Wildman–Crippen MR) is 55.8 cm³/mol. The SMILES string of the molecule is CC1(N)CCN(Cc2ccco2)CC1. The number of likely N-dealkylation sites (tertiary alicyclic amines) is 1. The molecule has 2 N–H and O–H groups in total. The van der Waals surface area contributed by atoms with E-state index in [-0.39, 0.29) is 5.54 Å². The van der Waals surface area contributed by atoms with Crippen molar-refractivity contribution in [2.45, 2.75) is 31.8 Å². The van der Waals surface area contributed by atoms with E-state index in [9.17, 15) is 0 Å². The Labute approximate surface area is 84.9 Å². The summed E-state index contributed by atoms with van der Waals surface area (Å²) in [6.07, 6.45) is 3.88. The van der Waals surface area contributed by atoms with E-state index < -0.39 is 0 Å². The zero-order valence-corrected chi connectivity index (χ0v) is 8.70. The Kier molecular flexibility index (Phi) is 2.61. The van der Waals surface area contributed by atoms with E-state index in [1.165, 1.54) is 0 Å². The van der Waals surface area contributed by atoms with Crippen LogP contribution in [0, 0.1) is 0 Å². The third-order valence-corrected chi connectivity index (χ3v) is 2.96. The van der Waals surface area contributed by atoms with Crippen molar-refractivity contribution < 1.29 is 4.42 Å². The van der Waals surface area contributed by atoms with Crippen molar-refractivity contribution in [3.8, 4) is 0 Å². The van der Waals surface area contributed by atoms with Gasteiger partial charge < -0.3 is 10.2 Å². The first-order valence-corrected chi connectivity index (χ1v) is 5.19. The first-order chi connectivity index (χ1) is 6.66. The summed E-state index contributed by atoms with van der Waals surface area (Å²) in [5, 5.41) is 0. The van der Waals surface area contributed by atoms with Gasteiger partial charge in [-0.2, -0.15) is 0 Å². The highest BCUT2D eigenvalue weighted by Crippen LogP contribution is 2.20. The zero-order chi connectivity index (χ0) is 10.0. The fourth-order valence-electron chi connectivity index (χ4n) is 1.84. The van der Waals surface area contributed by atoms with Crippen molar-refractivity contribution in [2.24, 2.45) is 5.73 Å². The Morgan fingerprint density at radius 1 is 1.50 bits per heavy atom. The molecule has 0 amide bonds. The van der Waals surface area contributed by atoms with Crippen molar-refractivity contribution in [3.63, 3.8) is 0 Å². The maximum Gasteiger partial charge on any atom is 0.117 e. The molecule has 0 saturated carbocycles. The van der Waals surface area contributed by atoms with Gasteiger partial charge in [0.05, 0.1) is 12.8 Å². The molecule has 1 fully saturated rings. The average Bonchev–Trinajstić information content (AvgIpc) is 2.61. The Balaban J connectivity index is 1.85. The van der Waals surface area contributed by atoms with E-state index in [0.29, 0.717) is 0 Å². The average molecular weight is 194 g/mol. The van der Waals surface area contributed by atoms with Crippen molar-refractivity contribution in [2.75, 3.05) is 13.1 Å². The van der Waals surface area contributed by atoms with Crippen LogP contribution in [0.5, 0.6) is 0 Å². The second-order valence-corrected chi connectivity index (χ2v) is 4.51. The molecule has 1 aliphatic rings. The molecule has 0 unspecified atom stereocenters. The van der Waals surface area contributed by atoms with Crippen LogP contribution in [0.3, 0.4) is 0 Å². The Morgan fingerprint density at radius 3 is 2.79 bits per heavy atom. The molecule has 0 bridgehead atoms. The lowest BCUT2D eigenvalue weighted by molar-refractivity contribution is 0.155. The summed E-state index contributed by atoms with van der Waals surface area (Å²) in [4.78, 5) is 2.40. The maximum absolute atomic E-state index is 6.06. The lowest BCUT2D eigenvalue weighted by atomic mass is 9.91. The van der Waals surface area contributed by atoms with Gasteiger partial charge in [0.1, 0.15) is 5.76 Å². The second kappa shape index (κ2) is 3.75. The summed E-state index contributed by atoms with van der Waals surface area (Å²) >= 11 is 0. The van der Waals surface area contributed by atoms with Gasteiger partial charge in [-0.3, -0.25) is 4.90 Å². The molecule has 2 heterocycles. The summed E-state index contributed by atoms with van der Waals surface area (Å²) < 4.78 is 5.32. The third kappa shape index (κ3) is 2.36. The third-order valence-electron chi connectivity index (χ3n) is 2.96. The van der Waals surface area contributed by atoms with Crippen LogP contribution in [-0.4, -0.2) is 23.5 Å². The molecule has 3 heteroatoms. The molecule has 1 aromatic heterocycles. The van der Waals surface area contributed by atoms with Crippen molar-refractivity contribution in [1.82, 2.24) is 4.90 Å². The van der Waals surface area contributed by atoms with Crippen LogP contribution in [0.4, 0.5) is 0 Å². The van der Waals surface area contributed by atoms with Gasteiger partial charge in [0.2, 0.25) is 0 Å². The summed E-state index contributed by atoms with van der Waals surface area (Å²) in [6, 6.07) is 3.96. The molecule has 2 rings (SSSR count). The fourth-order valence-corrected chi connectivity index (χ4v) is 1.84. The van der Waals surface area contributed by atoms with E-state index in [1.54, 1.807) is 6.26 Å².